The standard InChI is InChI=1S/C15H20BN3O2/c1-11-8-18-19(10-11)12-6-7-13(17-9-12)16-20-14(2,3)15(4,5)21-16/h6-10H,1-5H3. The zero-order valence-corrected chi connectivity index (χ0v) is 13.1. The van der Waals surface area contributed by atoms with Gasteiger partial charge in [0.2, 0.25) is 0 Å². The van der Waals surface area contributed by atoms with Gasteiger partial charge in [-0.05, 0) is 52.3 Å². The van der Waals surface area contributed by atoms with Gasteiger partial charge in [-0.25, -0.2) is 4.68 Å². The molecule has 0 N–H and O–H groups in total. The van der Waals surface area contributed by atoms with Crippen LogP contribution in [0.15, 0.2) is 30.7 Å². The van der Waals surface area contributed by atoms with E-state index in [1.807, 2.05) is 59.1 Å². The molecule has 0 unspecified atom stereocenters. The lowest BCUT2D eigenvalue weighted by atomic mass is 9.84. The summed E-state index contributed by atoms with van der Waals surface area (Å²) in [5.41, 5.74) is 2.11. The van der Waals surface area contributed by atoms with Crippen LogP contribution in [0, 0.1) is 6.92 Å². The SMILES string of the molecule is Cc1cnn(-c2ccc(B3OC(C)(C)C(C)(C)O3)nc2)c1. The molecule has 0 spiro atoms. The van der Waals surface area contributed by atoms with E-state index in [2.05, 4.69) is 10.1 Å². The fraction of sp³-hybridized carbons (Fsp3) is 0.467. The third kappa shape index (κ3) is 2.49. The van der Waals surface area contributed by atoms with Crippen LogP contribution in [0.25, 0.3) is 5.69 Å². The highest BCUT2D eigenvalue weighted by atomic mass is 16.7. The molecule has 2 aromatic rings. The first-order valence-corrected chi connectivity index (χ1v) is 7.12. The van der Waals surface area contributed by atoms with E-state index < -0.39 is 7.12 Å². The summed E-state index contributed by atoms with van der Waals surface area (Å²) in [5.74, 6) is 0. The molecule has 21 heavy (non-hydrogen) atoms. The summed E-state index contributed by atoms with van der Waals surface area (Å²) in [6, 6.07) is 3.90. The maximum Gasteiger partial charge on any atom is 0.514 e. The van der Waals surface area contributed by atoms with Crippen LogP contribution in [-0.2, 0) is 9.31 Å². The normalized spacial score (nSPS) is 20.0. The average molecular weight is 285 g/mol. The fourth-order valence-corrected chi connectivity index (χ4v) is 2.19. The number of aryl methyl sites for hydroxylation is 1. The molecule has 0 amide bonds. The van der Waals surface area contributed by atoms with Crippen molar-refractivity contribution in [2.75, 3.05) is 0 Å². The van der Waals surface area contributed by atoms with Crippen molar-refractivity contribution in [1.29, 1.82) is 0 Å². The molecule has 5 nitrogen and oxygen atoms in total. The van der Waals surface area contributed by atoms with E-state index in [0.29, 0.717) is 0 Å². The Labute approximate surface area is 125 Å². The Morgan fingerprint density at radius 1 is 1.05 bits per heavy atom. The van der Waals surface area contributed by atoms with Crippen molar-refractivity contribution in [3.8, 4) is 5.69 Å². The van der Waals surface area contributed by atoms with Crippen LogP contribution in [0.2, 0.25) is 0 Å². The third-order valence-electron chi connectivity index (χ3n) is 4.24. The van der Waals surface area contributed by atoms with Crippen LogP contribution in [-0.4, -0.2) is 33.1 Å². The van der Waals surface area contributed by atoms with Gasteiger partial charge in [0.1, 0.15) is 0 Å². The Morgan fingerprint density at radius 2 is 1.71 bits per heavy atom. The van der Waals surface area contributed by atoms with Gasteiger partial charge in [0, 0.05) is 6.20 Å². The average Bonchev–Trinajstić information content (AvgIpc) is 2.92. The van der Waals surface area contributed by atoms with Gasteiger partial charge in [-0.3, -0.25) is 4.98 Å². The summed E-state index contributed by atoms with van der Waals surface area (Å²) in [4.78, 5) is 4.47. The largest absolute Gasteiger partial charge is 0.514 e. The second-order valence-electron chi connectivity index (χ2n) is 6.49. The molecule has 1 fully saturated rings. The molecule has 0 saturated carbocycles. The van der Waals surface area contributed by atoms with Crippen molar-refractivity contribution in [3.63, 3.8) is 0 Å². The molecule has 0 bridgehead atoms. The maximum atomic E-state index is 5.99. The smallest absolute Gasteiger partial charge is 0.398 e. The van der Waals surface area contributed by atoms with Gasteiger partial charge in [-0.15, -0.1) is 0 Å². The zero-order chi connectivity index (χ0) is 15.3. The number of hydrogen-bond acceptors (Lipinski definition) is 4. The minimum Gasteiger partial charge on any atom is -0.398 e. The highest BCUT2D eigenvalue weighted by Gasteiger charge is 2.52. The van der Waals surface area contributed by atoms with E-state index in [1.165, 1.54) is 0 Å². The predicted molar refractivity (Wildman–Crippen MR) is 81.8 cm³/mol. The molecule has 3 rings (SSSR count). The van der Waals surface area contributed by atoms with Crippen molar-refractivity contribution in [2.45, 2.75) is 45.8 Å². The Balaban J connectivity index is 1.83. The molecule has 2 aromatic heterocycles. The molecule has 6 heteroatoms. The number of hydrogen-bond donors (Lipinski definition) is 0. The van der Waals surface area contributed by atoms with Crippen LogP contribution in [0.4, 0.5) is 0 Å². The fourth-order valence-electron chi connectivity index (χ4n) is 2.19. The molecule has 3 heterocycles. The lowest BCUT2D eigenvalue weighted by Crippen LogP contribution is -2.41. The summed E-state index contributed by atoms with van der Waals surface area (Å²) in [6.45, 7) is 10.2. The molecular formula is C15H20BN3O2. The van der Waals surface area contributed by atoms with Gasteiger partial charge in [0.15, 0.2) is 0 Å². The lowest BCUT2D eigenvalue weighted by Gasteiger charge is -2.32. The first-order chi connectivity index (χ1) is 9.78. The van der Waals surface area contributed by atoms with Crippen LogP contribution in [0.1, 0.15) is 33.3 Å². The lowest BCUT2D eigenvalue weighted by molar-refractivity contribution is 0.00578. The minimum atomic E-state index is -0.427. The molecular weight excluding hydrogens is 265 g/mol. The minimum absolute atomic E-state index is 0.350. The number of rotatable bonds is 2. The van der Waals surface area contributed by atoms with Crippen LogP contribution < -0.4 is 5.59 Å². The van der Waals surface area contributed by atoms with E-state index in [4.69, 9.17) is 9.31 Å². The van der Waals surface area contributed by atoms with E-state index >= 15 is 0 Å². The van der Waals surface area contributed by atoms with Gasteiger partial charge in [0.25, 0.3) is 0 Å². The number of nitrogens with zero attached hydrogens (tertiary/aromatic N) is 3. The molecule has 0 atom stereocenters. The van der Waals surface area contributed by atoms with Crippen molar-refractivity contribution in [2.24, 2.45) is 0 Å². The van der Waals surface area contributed by atoms with Crippen molar-refractivity contribution in [1.82, 2.24) is 14.8 Å². The Bertz CT molecular complexity index is 633. The second-order valence-corrected chi connectivity index (χ2v) is 6.49. The van der Waals surface area contributed by atoms with Crippen LogP contribution in [0.5, 0.6) is 0 Å². The van der Waals surface area contributed by atoms with E-state index in [1.54, 1.807) is 10.9 Å². The van der Waals surface area contributed by atoms with E-state index in [9.17, 15) is 0 Å². The summed E-state index contributed by atoms with van der Waals surface area (Å²) in [6.07, 6.45) is 5.57. The molecule has 0 radical (unpaired) electrons. The molecule has 0 aromatic carbocycles. The number of aromatic nitrogens is 3. The summed E-state index contributed by atoms with van der Waals surface area (Å²) in [7, 11) is -0.427. The number of pyridine rings is 1. The zero-order valence-electron chi connectivity index (χ0n) is 13.1. The second kappa shape index (κ2) is 4.68. The summed E-state index contributed by atoms with van der Waals surface area (Å²) < 4.78 is 13.8. The maximum absolute atomic E-state index is 5.99. The van der Waals surface area contributed by atoms with Crippen LogP contribution in [0.3, 0.4) is 0 Å². The summed E-state index contributed by atoms with van der Waals surface area (Å²) in [5, 5.41) is 4.27. The first-order valence-electron chi connectivity index (χ1n) is 7.12. The Kier molecular flexibility index (Phi) is 3.18. The monoisotopic (exact) mass is 285 g/mol. The third-order valence-corrected chi connectivity index (χ3v) is 4.24. The van der Waals surface area contributed by atoms with Gasteiger partial charge in [-0.2, -0.15) is 5.10 Å². The van der Waals surface area contributed by atoms with E-state index in [-0.39, 0.29) is 11.2 Å². The Hall–Kier alpha value is -1.66. The molecule has 1 aliphatic rings. The molecule has 110 valence electrons. The quantitative estimate of drug-likeness (QED) is 0.790. The van der Waals surface area contributed by atoms with Gasteiger partial charge in [-0.1, -0.05) is 0 Å². The summed E-state index contributed by atoms with van der Waals surface area (Å²) >= 11 is 0. The van der Waals surface area contributed by atoms with Crippen molar-refractivity contribution >= 4 is 12.7 Å². The highest BCUT2D eigenvalue weighted by molar-refractivity contribution is 6.61. The highest BCUT2D eigenvalue weighted by Crippen LogP contribution is 2.36. The van der Waals surface area contributed by atoms with E-state index in [0.717, 1.165) is 16.8 Å². The van der Waals surface area contributed by atoms with Crippen molar-refractivity contribution in [3.05, 3.63) is 36.3 Å². The van der Waals surface area contributed by atoms with Gasteiger partial charge < -0.3 is 9.31 Å². The topological polar surface area (TPSA) is 49.2 Å². The van der Waals surface area contributed by atoms with Gasteiger partial charge >= 0.3 is 7.12 Å². The van der Waals surface area contributed by atoms with Crippen LogP contribution >= 0.6 is 0 Å². The predicted octanol–water partition coefficient (Wildman–Crippen LogP) is 1.87. The Morgan fingerprint density at radius 3 is 2.19 bits per heavy atom. The molecule has 1 aliphatic heterocycles. The first kappa shape index (κ1) is 14.3. The molecule has 0 aliphatic carbocycles. The van der Waals surface area contributed by atoms with Gasteiger partial charge in [0.05, 0.1) is 34.9 Å². The van der Waals surface area contributed by atoms with Crippen molar-refractivity contribution < 1.29 is 9.31 Å². The molecule has 1 saturated heterocycles.